The van der Waals surface area contributed by atoms with Gasteiger partial charge in [0.1, 0.15) is 5.82 Å². The standard InChI is InChI=1S/C22H23FN2O3S/c1-4-25(5-2)29(27,28)17-13-14-20(23)19(15-17)22(26)24(3)21-12-8-10-16-9-6-7-11-18(16)21/h6-15H,4-5H2,1-3H3. The number of hydrogen-bond donors (Lipinski definition) is 0. The summed E-state index contributed by atoms with van der Waals surface area (Å²) in [6.07, 6.45) is 0. The van der Waals surface area contributed by atoms with E-state index < -0.39 is 21.7 Å². The first-order valence-electron chi connectivity index (χ1n) is 9.36. The zero-order valence-corrected chi connectivity index (χ0v) is 17.4. The zero-order valence-electron chi connectivity index (χ0n) is 16.6. The average Bonchev–Trinajstić information content (AvgIpc) is 2.73. The van der Waals surface area contributed by atoms with Crippen molar-refractivity contribution in [2.24, 2.45) is 0 Å². The maximum atomic E-state index is 14.5. The van der Waals surface area contributed by atoms with Crippen molar-refractivity contribution in [3.8, 4) is 0 Å². The third kappa shape index (κ3) is 3.88. The smallest absolute Gasteiger partial charge is 0.261 e. The third-order valence-corrected chi connectivity index (χ3v) is 6.99. The van der Waals surface area contributed by atoms with Crippen LogP contribution in [0.25, 0.3) is 10.8 Å². The van der Waals surface area contributed by atoms with Gasteiger partial charge >= 0.3 is 0 Å². The van der Waals surface area contributed by atoms with E-state index in [0.717, 1.165) is 22.9 Å². The lowest BCUT2D eigenvalue weighted by Crippen LogP contribution is -2.31. The van der Waals surface area contributed by atoms with Crippen LogP contribution in [0, 0.1) is 5.82 Å². The number of fused-ring (bicyclic) bond motifs is 1. The lowest BCUT2D eigenvalue weighted by atomic mass is 10.1. The summed E-state index contributed by atoms with van der Waals surface area (Å²) >= 11 is 0. The summed E-state index contributed by atoms with van der Waals surface area (Å²) in [4.78, 5) is 14.3. The fraction of sp³-hybridized carbons (Fsp3) is 0.227. The Labute approximate surface area is 170 Å². The van der Waals surface area contributed by atoms with E-state index in [1.54, 1.807) is 27.0 Å². The van der Waals surface area contributed by atoms with E-state index in [4.69, 9.17) is 0 Å². The van der Waals surface area contributed by atoms with Gasteiger partial charge in [-0.1, -0.05) is 50.2 Å². The topological polar surface area (TPSA) is 57.7 Å². The van der Waals surface area contributed by atoms with E-state index in [9.17, 15) is 17.6 Å². The second kappa shape index (κ2) is 8.31. The predicted octanol–water partition coefficient (Wildman–Crippen LogP) is 4.29. The number of sulfonamides is 1. The molecular formula is C22H23FN2O3S. The molecule has 5 nitrogen and oxygen atoms in total. The van der Waals surface area contributed by atoms with Gasteiger partial charge in [-0.2, -0.15) is 4.31 Å². The van der Waals surface area contributed by atoms with E-state index in [1.807, 2.05) is 36.4 Å². The van der Waals surface area contributed by atoms with Crippen LogP contribution in [0.15, 0.2) is 65.6 Å². The number of rotatable bonds is 6. The fourth-order valence-electron chi connectivity index (χ4n) is 3.33. The minimum atomic E-state index is -3.80. The summed E-state index contributed by atoms with van der Waals surface area (Å²) in [6.45, 7) is 4.03. The van der Waals surface area contributed by atoms with Gasteiger partial charge in [-0.3, -0.25) is 4.79 Å². The molecule has 0 radical (unpaired) electrons. The molecule has 0 N–H and O–H groups in total. The van der Waals surface area contributed by atoms with E-state index in [2.05, 4.69) is 0 Å². The number of hydrogen-bond acceptors (Lipinski definition) is 3. The van der Waals surface area contributed by atoms with Gasteiger partial charge in [0.2, 0.25) is 10.0 Å². The highest BCUT2D eigenvalue weighted by molar-refractivity contribution is 7.89. The van der Waals surface area contributed by atoms with Gasteiger partial charge in [0.15, 0.2) is 0 Å². The molecule has 0 fully saturated rings. The van der Waals surface area contributed by atoms with Crippen LogP contribution < -0.4 is 4.90 Å². The number of benzene rings is 3. The summed E-state index contributed by atoms with van der Waals surface area (Å²) in [6, 6.07) is 16.4. The monoisotopic (exact) mass is 414 g/mol. The Hall–Kier alpha value is -2.77. The zero-order chi connectivity index (χ0) is 21.2. The van der Waals surface area contributed by atoms with Gasteiger partial charge in [0.05, 0.1) is 16.1 Å². The van der Waals surface area contributed by atoms with Crippen LogP contribution in [0.5, 0.6) is 0 Å². The van der Waals surface area contributed by atoms with Crippen molar-refractivity contribution in [3.63, 3.8) is 0 Å². The van der Waals surface area contributed by atoms with Crippen molar-refractivity contribution in [2.75, 3.05) is 25.0 Å². The molecule has 3 aromatic rings. The minimum Gasteiger partial charge on any atom is -0.311 e. The molecule has 0 bridgehead atoms. The lowest BCUT2D eigenvalue weighted by Gasteiger charge is -2.21. The molecule has 0 heterocycles. The predicted molar refractivity (Wildman–Crippen MR) is 113 cm³/mol. The third-order valence-electron chi connectivity index (χ3n) is 4.94. The number of halogens is 1. The Bertz CT molecular complexity index is 1150. The van der Waals surface area contributed by atoms with E-state index in [0.29, 0.717) is 5.69 Å². The molecule has 29 heavy (non-hydrogen) atoms. The highest BCUT2D eigenvalue weighted by atomic mass is 32.2. The summed E-state index contributed by atoms with van der Waals surface area (Å²) in [5, 5.41) is 1.79. The molecule has 0 saturated heterocycles. The molecule has 0 aliphatic heterocycles. The number of nitrogens with zero attached hydrogens (tertiary/aromatic N) is 2. The summed E-state index contributed by atoms with van der Waals surface area (Å²) in [5.74, 6) is -1.38. The molecule has 152 valence electrons. The molecule has 0 unspecified atom stereocenters. The van der Waals surface area contributed by atoms with Gasteiger partial charge in [-0.15, -0.1) is 0 Å². The van der Waals surface area contributed by atoms with Gasteiger partial charge in [-0.25, -0.2) is 12.8 Å². The normalized spacial score (nSPS) is 11.8. The molecule has 3 rings (SSSR count). The second-order valence-corrected chi connectivity index (χ2v) is 8.53. The molecule has 0 saturated carbocycles. The summed E-state index contributed by atoms with van der Waals surface area (Å²) in [7, 11) is -2.25. The van der Waals surface area contributed by atoms with Crippen molar-refractivity contribution < 1.29 is 17.6 Å². The molecule has 7 heteroatoms. The Morgan fingerprint density at radius 3 is 2.31 bits per heavy atom. The van der Waals surface area contributed by atoms with Crippen LogP contribution in [-0.2, 0) is 10.0 Å². The maximum Gasteiger partial charge on any atom is 0.261 e. The highest BCUT2D eigenvalue weighted by Crippen LogP contribution is 2.28. The van der Waals surface area contributed by atoms with Crippen molar-refractivity contribution in [2.45, 2.75) is 18.7 Å². The summed E-state index contributed by atoms with van der Waals surface area (Å²) in [5.41, 5.74) is 0.332. The number of carbonyl (C=O) groups is 1. The Balaban J connectivity index is 2.05. The van der Waals surface area contributed by atoms with Crippen LogP contribution in [0.4, 0.5) is 10.1 Å². The number of anilines is 1. The maximum absolute atomic E-state index is 14.5. The first-order valence-corrected chi connectivity index (χ1v) is 10.8. The number of amides is 1. The van der Waals surface area contributed by atoms with Crippen LogP contribution in [0.3, 0.4) is 0 Å². The first kappa shape index (κ1) is 21.0. The molecule has 1 amide bonds. The van der Waals surface area contributed by atoms with E-state index in [-0.39, 0.29) is 23.5 Å². The summed E-state index contributed by atoms with van der Waals surface area (Å²) < 4.78 is 41.3. The van der Waals surface area contributed by atoms with E-state index >= 15 is 0 Å². The van der Waals surface area contributed by atoms with Crippen LogP contribution in [-0.4, -0.2) is 38.8 Å². The molecular weight excluding hydrogens is 391 g/mol. The van der Waals surface area contributed by atoms with Crippen LogP contribution in [0.2, 0.25) is 0 Å². The average molecular weight is 415 g/mol. The van der Waals surface area contributed by atoms with Crippen molar-refractivity contribution >= 4 is 32.4 Å². The van der Waals surface area contributed by atoms with Gasteiger partial charge in [0.25, 0.3) is 5.91 Å². The van der Waals surface area contributed by atoms with E-state index in [1.165, 1.54) is 15.3 Å². The van der Waals surface area contributed by atoms with Gasteiger partial charge < -0.3 is 4.90 Å². The lowest BCUT2D eigenvalue weighted by molar-refractivity contribution is 0.0989. The minimum absolute atomic E-state index is 0.0998. The van der Waals surface area contributed by atoms with Crippen LogP contribution >= 0.6 is 0 Å². The van der Waals surface area contributed by atoms with Gasteiger partial charge in [0, 0.05) is 25.5 Å². The Morgan fingerprint density at radius 2 is 1.62 bits per heavy atom. The van der Waals surface area contributed by atoms with Gasteiger partial charge in [-0.05, 0) is 29.7 Å². The SMILES string of the molecule is CCN(CC)S(=O)(=O)c1ccc(F)c(C(=O)N(C)c2cccc3ccccc23)c1. The molecule has 0 aliphatic rings. The first-order chi connectivity index (χ1) is 13.8. The largest absolute Gasteiger partial charge is 0.311 e. The molecule has 3 aromatic carbocycles. The molecule has 0 aliphatic carbocycles. The van der Waals surface area contributed by atoms with Crippen LogP contribution in [0.1, 0.15) is 24.2 Å². The molecule has 0 aromatic heterocycles. The Kier molecular flexibility index (Phi) is 6.00. The quantitative estimate of drug-likeness (QED) is 0.605. The highest BCUT2D eigenvalue weighted by Gasteiger charge is 2.26. The fourth-order valence-corrected chi connectivity index (χ4v) is 4.82. The molecule has 0 spiro atoms. The second-order valence-electron chi connectivity index (χ2n) is 6.59. The van der Waals surface area contributed by atoms with Crippen molar-refractivity contribution in [1.82, 2.24) is 4.31 Å². The Morgan fingerprint density at radius 1 is 0.966 bits per heavy atom. The molecule has 0 atom stereocenters. The number of carbonyl (C=O) groups excluding carboxylic acids is 1. The van der Waals surface area contributed by atoms with Crippen molar-refractivity contribution in [1.29, 1.82) is 0 Å². The van der Waals surface area contributed by atoms with Crippen molar-refractivity contribution in [3.05, 3.63) is 72.0 Å².